The third-order valence-corrected chi connectivity index (χ3v) is 4.62. The van der Waals surface area contributed by atoms with E-state index in [1.54, 1.807) is 6.07 Å². The number of methoxy groups -OCH3 is 1. The number of anilines is 1. The van der Waals surface area contributed by atoms with Crippen molar-refractivity contribution >= 4 is 17.6 Å². The van der Waals surface area contributed by atoms with Gasteiger partial charge < -0.3 is 9.64 Å². The molecule has 1 aromatic carbocycles. The van der Waals surface area contributed by atoms with Gasteiger partial charge in [0, 0.05) is 18.2 Å². The van der Waals surface area contributed by atoms with Gasteiger partial charge in [0.15, 0.2) is 0 Å². The number of ether oxygens (including phenoxy) is 1. The summed E-state index contributed by atoms with van der Waals surface area (Å²) in [6.45, 7) is 0.731. The number of rotatable bonds is 2. The Morgan fingerprint density at radius 1 is 1.19 bits per heavy atom. The zero-order valence-electron chi connectivity index (χ0n) is 12.4. The molecule has 1 aliphatic heterocycles. The molecule has 1 amide bonds. The van der Waals surface area contributed by atoms with Crippen LogP contribution in [0.15, 0.2) is 18.2 Å². The van der Waals surface area contributed by atoms with Crippen molar-refractivity contribution in [1.82, 2.24) is 0 Å². The first-order valence-corrected chi connectivity index (χ1v) is 7.73. The summed E-state index contributed by atoms with van der Waals surface area (Å²) in [5.41, 5.74) is 2.60. The highest BCUT2D eigenvalue weighted by molar-refractivity contribution is 5.98. The Balaban J connectivity index is 1.80. The molecule has 1 fully saturated rings. The number of carbonyl (C=O) groups is 2. The van der Waals surface area contributed by atoms with Crippen LogP contribution < -0.4 is 4.90 Å². The summed E-state index contributed by atoms with van der Waals surface area (Å²) in [5, 5.41) is 0. The van der Waals surface area contributed by atoms with E-state index in [1.165, 1.54) is 26.4 Å². The Hall–Kier alpha value is -1.84. The maximum Gasteiger partial charge on any atom is 0.337 e. The van der Waals surface area contributed by atoms with E-state index >= 15 is 0 Å². The summed E-state index contributed by atoms with van der Waals surface area (Å²) in [6, 6.07) is 5.49. The number of benzene rings is 1. The lowest BCUT2D eigenvalue weighted by Gasteiger charge is -2.26. The van der Waals surface area contributed by atoms with Gasteiger partial charge >= 0.3 is 5.97 Å². The van der Waals surface area contributed by atoms with Gasteiger partial charge in [-0.05, 0) is 43.0 Å². The molecule has 1 aromatic rings. The number of carbonyl (C=O) groups excluding carboxylic acids is 2. The van der Waals surface area contributed by atoms with Crippen molar-refractivity contribution in [2.24, 2.45) is 5.92 Å². The van der Waals surface area contributed by atoms with Crippen LogP contribution in [0.3, 0.4) is 0 Å². The van der Waals surface area contributed by atoms with Crippen molar-refractivity contribution in [3.05, 3.63) is 29.3 Å². The predicted molar refractivity (Wildman–Crippen MR) is 80.4 cm³/mol. The molecule has 0 spiro atoms. The lowest BCUT2D eigenvalue weighted by atomic mass is 9.88. The van der Waals surface area contributed by atoms with Gasteiger partial charge in [-0.3, -0.25) is 4.79 Å². The summed E-state index contributed by atoms with van der Waals surface area (Å²) in [6.07, 6.45) is 6.44. The molecule has 0 N–H and O–H groups in total. The molecule has 0 aromatic heterocycles. The summed E-state index contributed by atoms with van der Waals surface area (Å²) in [5.74, 6) is 0.124. The molecule has 0 atom stereocenters. The van der Waals surface area contributed by atoms with Gasteiger partial charge in [-0.1, -0.05) is 19.3 Å². The highest BCUT2D eigenvalue weighted by Gasteiger charge is 2.31. The number of hydrogen-bond acceptors (Lipinski definition) is 3. The van der Waals surface area contributed by atoms with Crippen molar-refractivity contribution in [3.8, 4) is 0 Å². The molecule has 0 unspecified atom stereocenters. The van der Waals surface area contributed by atoms with Crippen LogP contribution >= 0.6 is 0 Å². The minimum absolute atomic E-state index is 0.185. The van der Waals surface area contributed by atoms with Crippen molar-refractivity contribution in [1.29, 1.82) is 0 Å². The molecular formula is C17H21NO3. The summed E-state index contributed by atoms with van der Waals surface area (Å²) < 4.78 is 4.75. The van der Waals surface area contributed by atoms with Crippen LogP contribution in [0.2, 0.25) is 0 Å². The van der Waals surface area contributed by atoms with Gasteiger partial charge in [-0.15, -0.1) is 0 Å². The molecule has 1 saturated carbocycles. The maximum absolute atomic E-state index is 12.7. The first kappa shape index (κ1) is 14.1. The summed E-state index contributed by atoms with van der Waals surface area (Å²) in [7, 11) is 1.38. The van der Waals surface area contributed by atoms with E-state index in [2.05, 4.69) is 0 Å². The molecule has 3 rings (SSSR count). The van der Waals surface area contributed by atoms with Crippen LogP contribution in [0, 0.1) is 5.92 Å². The molecule has 21 heavy (non-hydrogen) atoms. The normalized spacial score (nSPS) is 18.4. The molecule has 112 valence electrons. The van der Waals surface area contributed by atoms with Crippen molar-refractivity contribution < 1.29 is 14.3 Å². The second-order valence-electron chi connectivity index (χ2n) is 5.91. The Bertz CT molecular complexity index is 561. The molecule has 2 aliphatic rings. The van der Waals surface area contributed by atoms with Crippen LogP contribution in [0.5, 0.6) is 0 Å². The summed E-state index contributed by atoms with van der Waals surface area (Å²) >= 11 is 0. The average Bonchev–Trinajstić information content (AvgIpc) is 2.97. The number of hydrogen-bond donors (Lipinski definition) is 0. The minimum atomic E-state index is -0.324. The maximum atomic E-state index is 12.7. The molecule has 4 nitrogen and oxygen atoms in total. The quantitative estimate of drug-likeness (QED) is 0.786. The first-order chi connectivity index (χ1) is 10.2. The average molecular weight is 287 g/mol. The SMILES string of the molecule is COC(=O)c1ccc2c(c1)CCN2C(=O)C1CCCCC1. The standard InChI is InChI=1S/C17H21NO3/c1-21-17(20)14-7-8-15-13(11-14)9-10-18(15)16(19)12-5-3-2-4-6-12/h7-8,11-12H,2-6,9-10H2,1H3. The second-order valence-corrected chi connectivity index (χ2v) is 5.91. The van der Waals surface area contributed by atoms with Crippen LogP contribution in [-0.2, 0) is 16.0 Å². The third-order valence-electron chi connectivity index (χ3n) is 4.62. The van der Waals surface area contributed by atoms with E-state index in [1.807, 2.05) is 17.0 Å². The monoisotopic (exact) mass is 287 g/mol. The molecule has 0 bridgehead atoms. The number of amides is 1. The fourth-order valence-electron chi connectivity index (χ4n) is 3.45. The summed E-state index contributed by atoms with van der Waals surface area (Å²) in [4.78, 5) is 26.2. The van der Waals surface area contributed by atoms with E-state index in [9.17, 15) is 9.59 Å². The smallest absolute Gasteiger partial charge is 0.337 e. The van der Waals surface area contributed by atoms with E-state index in [0.29, 0.717) is 5.56 Å². The van der Waals surface area contributed by atoms with Crippen molar-refractivity contribution in [2.45, 2.75) is 38.5 Å². The van der Waals surface area contributed by atoms with Gasteiger partial charge in [0.2, 0.25) is 5.91 Å². The van der Waals surface area contributed by atoms with E-state index in [4.69, 9.17) is 4.74 Å². The van der Waals surface area contributed by atoms with Gasteiger partial charge in [0.25, 0.3) is 0 Å². The van der Waals surface area contributed by atoms with Gasteiger partial charge in [0.05, 0.1) is 12.7 Å². The van der Waals surface area contributed by atoms with Crippen LogP contribution in [0.1, 0.15) is 48.0 Å². The lowest BCUT2D eigenvalue weighted by molar-refractivity contribution is -0.123. The lowest BCUT2D eigenvalue weighted by Crippen LogP contribution is -2.35. The van der Waals surface area contributed by atoms with Gasteiger partial charge in [0.1, 0.15) is 0 Å². The fraction of sp³-hybridized carbons (Fsp3) is 0.529. The third kappa shape index (κ3) is 2.67. The Kier molecular flexibility index (Phi) is 3.95. The topological polar surface area (TPSA) is 46.6 Å². The largest absolute Gasteiger partial charge is 0.465 e. The van der Waals surface area contributed by atoms with Crippen LogP contribution in [0.4, 0.5) is 5.69 Å². The molecule has 4 heteroatoms. The highest BCUT2D eigenvalue weighted by atomic mass is 16.5. The van der Waals surface area contributed by atoms with Crippen LogP contribution in [0.25, 0.3) is 0 Å². The molecular weight excluding hydrogens is 266 g/mol. The fourth-order valence-corrected chi connectivity index (χ4v) is 3.45. The highest BCUT2D eigenvalue weighted by Crippen LogP contribution is 2.33. The zero-order valence-corrected chi connectivity index (χ0v) is 12.4. The number of fused-ring (bicyclic) bond motifs is 1. The Morgan fingerprint density at radius 3 is 2.67 bits per heavy atom. The molecule has 0 radical (unpaired) electrons. The van der Waals surface area contributed by atoms with Gasteiger partial charge in [-0.2, -0.15) is 0 Å². The minimum Gasteiger partial charge on any atom is -0.465 e. The van der Waals surface area contributed by atoms with Crippen molar-refractivity contribution in [3.63, 3.8) is 0 Å². The molecule has 0 saturated heterocycles. The number of nitrogens with zero attached hydrogens (tertiary/aromatic N) is 1. The first-order valence-electron chi connectivity index (χ1n) is 7.73. The second kappa shape index (κ2) is 5.88. The molecule has 1 aliphatic carbocycles. The predicted octanol–water partition coefficient (Wildman–Crippen LogP) is 2.94. The van der Waals surface area contributed by atoms with E-state index in [-0.39, 0.29) is 17.8 Å². The van der Waals surface area contributed by atoms with E-state index in [0.717, 1.165) is 37.1 Å². The van der Waals surface area contributed by atoms with Crippen molar-refractivity contribution in [2.75, 3.05) is 18.6 Å². The van der Waals surface area contributed by atoms with Crippen LogP contribution in [-0.4, -0.2) is 25.5 Å². The number of esters is 1. The van der Waals surface area contributed by atoms with E-state index < -0.39 is 0 Å². The Morgan fingerprint density at radius 2 is 1.95 bits per heavy atom. The Labute approximate surface area is 125 Å². The molecule has 1 heterocycles. The zero-order chi connectivity index (χ0) is 14.8. The van der Waals surface area contributed by atoms with Gasteiger partial charge in [-0.25, -0.2) is 4.79 Å².